The van der Waals surface area contributed by atoms with Gasteiger partial charge in [0.15, 0.2) is 0 Å². The summed E-state index contributed by atoms with van der Waals surface area (Å²) in [5.41, 5.74) is 1.98. The van der Waals surface area contributed by atoms with E-state index in [2.05, 4.69) is 4.98 Å². The summed E-state index contributed by atoms with van der Waals surface area (Å²) in [7, 11) is 0. The quantitative estimate of drug-likeness (QED) is 0.278. The molecule has 2 aliphatic rings. The van der Waals surface area contributed by atoms with Crippen LogP contribution in [0.5, 0.6) is 11.5 Å². The third-order valence-corrected chi connectivity index (χ3v) is 6.88. The van der Waals surface area contributed by atoms with Crippen LogP contribution in [0.3, 0.4) is 0 Å². The van der Waals surface area contributed by atoms with Crippen molar-refractivity contribution in [3.8, 4) is 11.5 Å². The monoisotopic (exact) mass is 559 g/mol. The predicted octanol–water partition coefficient (Wildman–Crippen LogP) is 5.75. The molecule has 0 radical (unpaired) electrons. The van der Waals surface area contributed by atoms with E-state index in [-0.39, 0.29) is 31.1 Å². The van der Waals surface area contributed by atoms with E-state index in [9.17, 15) is 27.2 Å². The molecule has 2 atom stereocenters. The Kier molecular flexibility index (Phi) is 7.26. The van der Waals surface area contributed by atoms with Gasteiger partial charge in [-0.2, -0.15) is 17.6 Å². The van der Waals surface area contributed by atoms with Crippen molar-refractivity contribution in [2.75, 3.05) is 29.6 Å². The van der Waals surface area contributed by atoms with Gasteiger partial charge in [-0.1, -0.05) is 25.1 Å². The van der Waals surface area contributed by atoms with Crippen LogP contribution in [0.1, 0.15) is 42.9 Å². The van der Waals surface area contributed by atoms with Gasteiger partial charge in [0.2, 0.25) is 5.95 Å². The van der Waals surface area contributed by atoms with Gasteiger partial charge in [0, 0.05) is 35.3 Å². The minimum atomic E-state index is -5.18. The summed E-state index contributed by atoms with van der Waals surface area (Å²) in [6.07, 6.45) is -3.32. The van der Waals surface area contributed by atoms with Crippen LogP contribution in [0.15, 0.2) is 54.7 Å². The molecule has 0 fully saturated rings. The van der Waals surface area contributed by atoms with Gasteiger partial charge in [-0.05, 0) is 30.7 Å². The van der Waals surface area contributed by atoms with Gasteiger partial charge >= 0.3 is 18.1 Å². The van der Waals surface area contributed by atoms with Crippen molar-refractivity contribution in [3.63, 3.8) is 0 Å². The molecular weight excluding hydrogens is 534 g/mol. The number of hydrogen-bond acceptors (Lipinski definition) is 6. The lowest BCUT2D eigenvalue weighted by atomic mass is 9.97. The number of para-hydroxylation sites is 1. The fourth-order valence-corrected chi connectivity index (χ4v) is 5.15. The number of carbonyl (C=O) groups excluding carboxylic acids is 1. The molecule has 0 spiro atoms. The maximum Gasteiger partial charge on any atom is 0.471 e. The van der Waals surface area contributed by atoms with Crippen LogP contribution in [-0.2, 0) is 9.59 Å². The topological polar surface area (TPSA) is 92.2 Å². The lowest BCUT2D eigenvalue weighted by Gasteiger charge is -2.30. The number of pyridine rings is 1. The number of aromatic nitrogens is 1. The highest BCUT2D eigenvalue weighted by Gasteiger charge is 2.48. The average molecular weight is 560 g/mol. The SMILES string of the molecule is CCCN(c1ccc(F)nc1)c1cccc2c1OC[C@H]2N(C(=O)C(F)(F)F)c1ccc2c(c1)OC[C@H]2CC(=O)O. The number of alkyl halides is 3. The molecule has 2 aromatic carbocycles. The van der Waals surface area contributed by atoms with Gasteiger partial charge in [0.05, 0.1) is 36.6 Å². The van der Waals surface area contributed by atoms with E-state index in [0.717, 1.165) is 0 Å². The molecule has 1 N–H and O–H groups in total. The van der Waals surface area contributed by atoms with E-state index in [4.69, 9.17) is 14.6 Å². The van der Waals surface area contributed by atoms with Crippen molar-refractivity contribution >= 4 is 28.9 Å². The molecule has 0 saturated carbocycles. The van der Waals surface area contributed by atoms with Crippen molar-refractivity contribution in [2.45, 2.75) is 37.9 Å². The molecule has 8 nitrogen and oxygen atoms in total. The highest BCUT2D eigenvalue weighted by molar-refractivity contribution is 5.98. The molecule has 3 heterocycles. The minimum absolute atomic E-state index is 0.0583. The highest BCUT2D eigenvalue weighted by Crippen LogP contribution is 2.48. The van der Waals surface area contributed by atoms with Crippen LogP contribution in [0, 0.1) is 5.95 Å². The summed E-state index contributed by atoms with van der Waals surface area (Å²) in [6.45, 7) is 2.26. The molecule has 0 bridgehead atoms. The summed E-state index contributed by atoms with van der Waals surface area (Å²) >= 11 is 0. The van der Waals surface area contributed by atoms with Crippen LogP contribution in [0.25, 0.3) is 0 Å². The molecule has 0 unspecified atom stereocenters. The van der Waals surface area contributed by atoms with E-state index in [1.807, 2.05) is 11.8 Å². The summed E-state index contributed by atoms with van der Waals surface area (Å²) < 4.78 is 66.6. The number of halogens is 4. The number of amides is 1. The smallest absolute Gasteiger partial charge is 0.471 e. The van der Waals surface area contributed by atoms with Crippen molar-refractivity contribution in [1.29, 1.82) is 0 Å². The first-order chi connectivity index (χ1) is 19.1. The summed E-state index contributed by atoms with van der Waals surface area (Å²) in [5, 5.41) is 9.15. The zero-order chi connectivity index (χ0) is 28.6. The third kappa shape index (κ3) is 5.13. The standard InChI is InChI=1S/C28H25F4N3O5/c1-2-10-34(18-7-9-24(29)33-13-18)21-5-3-4-20-22(15-40-26(20)21)35(27(38)28(30,31)32)17-6-8-19-16(11-25(36)37)14-39-23(19)12-17/h3-9,12-13,16,22H,2,10-11,14-15H2,1H3,(H,36,37)/t16-,22-/m1/s1. The number of carbonyl (C=O) groups is 2. The molecule has 40 heavy (non-hydrogen) atoms. The summed E-state index contributed by atoms with van der Waals surface area (Å²) in [5.74, 6) is -3.66. The maximum absolute atomic E-state index is 13.9. The fraction of sp³-hybridized carbons (Fsp3) is 0.321. The number of fused-ring (bicyclic) bond motifs is 2. The molecule has 5 rings (SSSR count). The molecule has 1 aromatic heterocycles. The van der Waals surface area contributed by atoms with E-state index in [1.54, 1.807) is 24.3 Å². The number of carboxylic acids is 1. The predicted molar refractivity (Wildman–Crippen MR) is 137 cm³/mol. The maximum atomic E-state index is 13.9. The Morgan fingerprint density at radius 2 is 1.82 bits per heavy atom. The van der Waals surface area contributed by atoms with Crippen LogP contribution in [0.4, 0.5) is 34.6 Å². The molecular formula is C28H25F4N3O5. The number of carboxylic acid groups (broad SMARTS) is 1. The first-order valence-corrected chi connectivity index (χ1v) is 12.6. The molecule has 210 valence electrons. The Labute approximate surface area is 226 Å². The summed E-state index contributed by atoms with van der Waals surface area (Å²) in [4.78, 5) is 30.2. The van der Waals surface area contributed by atoms with Crippen molar-refractivity contribution in [1.82, 2.24) is 4.98 Å². The normalized spacial score (nSPS) is 17.4. The first kappa shape index (κ1) is 27.2. The second kappa shape index (κ2) is 10.7. The van der Waals surface area contributed by atoms with Crippen molar-refractivity contribution in [3.05, 3.63) is 71.8 Å². The zero-order valence-corrected chi connectivity index (χ0v) is 21.3. The van der Waals surface area contributed by atoms with Gasteiger partial charge in [-0.25, -0.2) is 4.98 Å². The Morgan fingerprint density at radius 3 is 2.50 bits per heavy atom. The van der Waals surface area contributed by atoms with Crippen LogP contribution < -0.4 is 19.3 Å². The fourth-order valence-electron chi connectivity index (χ4n) is 5.15. The molecule has 3 aromatic rings. The first-order valence-electron chi connectivity index (χ1n) is 12.6. The summed E-state index contributed by atoms with van der Waals surface area (Å²) in [6, 6.07) is 10.8. The van der Waals surface area contributed by atoms with Gasteiger partial charge in [-0.15, -0.1) is 0 Å². The number of rotatable bonds is 8. The molecule has 0 aliphatic carbocycles. The Bertz CT molecular complexity index is 1430. The number of aliphatic carboxylic acids is 1. The second-order valence-electron chi connectivity index (χ2n) is 9.51. The van der Waals surface area contributed by atoms with Gasteiger partial charge < -0.3 is 19.5 Å². The van der Waals surface area contributed by atoms with Crippen LogP contribution in [-0.4, -0.2) is 47.9 Å². The van der Waals surface area contributed by atoms with E-state index in [1.165, 1.54) is 30.5 Å². The van der Waals surface area contributed by atoms with Crippen molar-refractivity contribution in [2.24, 2.45) is 0 Å². The van der Waals surface area contributed by atoms with Crippen LogP contribution >= 0.6 is 0 Å². The van der Waals surface area contributed by atoms with Crippen LogP contribution in [0.2, 0.25) is 0 Å². The second-order valence-corrected chi connectivity index (χ2v) is 9.51. The van der Waals surface area contributed by atoms with E-state index in [0.29, 0.717) is 46.1 Å². The Morgan fingerprint density at radius 1 is 1.05 bits per heavy atom. The lowest BCUT2D eigenvalue weighted by molar-refractivity contribution is -0.171. The Hall–Kier alpha value is -4.35. The largest absolute Gasteiger partial charge is 0.493 e. The van der Waals surface area contributed by atoms with Crippen molar-refractivity contribution < 1.29 is 41.7 Å². The molecule has 2 aliphatic heterocycles. The molecule has 12 heteroatoms. The van der Waals surface area contributed by atoms with E-state index >= 15 is 0 Å². The van der Waals surface area contributed by atoms with E-state index < -0.39 is 36.0 Å². The lowest BCUT2D eigenvalue weighted by Crippen LogP contribution is -2.44. The third-order valence-electron chi connectivity index (χ3n) is 6.88. The molecule has 1 amide bonds. The number of ether oxygens (including phenoxy) is 2. The minimum Gasteiger partial charge on any atom is -0.493 e. The Balaban J connectivity index is 1.55. The number of hydrogen-bond donors (Lipinski definition) is 1. The zero-order valence-electron chi connectivity index (χ0n) is 21.3. The molecule has 0 saturated heterocycles. The van der Waals surface area contributed by atoms with Gasteiger partial charge in [-0.3, -0.25) is 14.5 Å². The number of anilines is 3. The van der Waals surface area contributed by atoms with Gasteiger partial charge in [0.1, 0.15) is 18.1 Å². The highest BCUT2D eigenvalue weighted by atomic mass is 19.4. The van der Waals surface area contributed by atoms with Gasteiger partial charge in [0.25, 0.3) is 0 Å². The average Bonchev–Trinajstić information content (AvgIpc) is 3.51. The number of nitrogens with zero attached hydrogens (tertiary/aromatic N) is 3. The number of benzene rings is 2.